The van der Waals surface area contributed by atoms with Gasteiger partial charge in [-0.2, -0.15) is 4.98 Å². The van der Waals surface area contributed by atoms with Crippen LogP contribution in [-0.2, 0) is 6.42 Å². The fraction of sp³-hybridized carbons (Fsp3) is 0.214. The van der Waals surface area contributed by atoms with E-state index in [9.17, 15) is 0 Å². The van der Waals surface area contributed by atoms with E-state index in [4.69, 9.17) is 15.0 Å². The van der Waals surface area contributed by atoms with Crippen LogP contribution in [0.3, 0.4) is 0 Å². The van der Waals surface area contributed by atoms with Crippen molar-refractivity contribution < 1.29 is 9.26 Å². The van der Waals surface area contributed by atoms with Crippen LogP contribution in [0, 0.1) is 0 Å². The second kappa shape index (κ2) is 6.02. The lowest BCUT2D eigenvalue weighted by Crippen LogP contribution is -2.01. The highest BCUT2D eigenvalue weighted by molar-refractivity contribution is 7.09. The number of methoxy groups -OCH3 is 1. The molecule has 0 bridgehead atoms. The van der Waals surface area contributed by atoms with Crippen LogP contribution in [0.4, 0.5) is 0 Å². The van der Waals surface area contributed by atoms with Gasteiger partial charge in [-0.3, -0.25) is 0 Å². The van der Waals surface area contributed by atoms with Gasteiger partial charge in [0.25, 0.3) is 5.89 Å². The van der Waals surface area contributed by atoms with Crippen LogP contribution < -0.4 is 10.5 Å². The molecule has 0 atom stereocenters. The minimum atomic E-state index is 0.399. The van der Waals surface area contributed by atoms with Crippen LogP contribution >= 0.6 is 11.3 Å². The van der Waals surface area contributed by atoms with Crippen molar-refractivity contribution in [3.05, 3.63) is 34.7 Å². The zero-order chi connectivity index (χ0) is 14.7. The van der Waals surface area contributed by atoms with Crippen molar-refractivity contribution in [2.45, 2.75) is 6.42 Å². The fourth-order valence-electron chi connectivity index (χ4n) is 1.91. The van der Waals surface area contributed by atoms with Crippen molar-refractivity contribution in [2.24, 2.45) is 5.73 Å². The Balaban J connectivity index is 1.92. The fourth-order valence-corrected chi connectivity index (χ4v) is 2.70. The largest absolute Gasteiger partial charge is 0.496 e. The van der Waals surface area contributed by atoms with Gasteiger partial charge in [-0.25, -0.2) is 4.98 Å². The van der Waals surface area contributed by atoms with Crippen LogP contribution in [-0.4, -0.2) is 28.8 Å². The van der Waals surface area contributed by atoms with Gasteiger partial charge >= 0.3 is 0 Å². The van der Waals surface area contributed by atoms with Crippen molar-refractivity contribution in [2.75, 3.05) is 13.7 Å². The first-order chi connectivity index (χ1) is 10.3. The van der Waals surface area contributed by atoms with E-state index < -0.39 is 0 Å². The van der Waals surface area contributed by atoms with E-state index in [0.29, 0.717) is 29.7 Å². The predicted molar refractivity (Wildman–Crippen MR) is 80.2 cm³/mol. The molecule has 0 fully saturated rings. The van der Waals surface area contributed by atoms with Gasteiger partial charge in [-0.05, 0) is 18.7 Å². The number of nitrogens with zero attached hydrogens (tertiary/aromatic N) is 3. The highest BCUT2D eigenvalue weighted by Crippen LogP contribution is 2.29. The molecule has 3 aromatic rings. The van der Waals surface area contributed by atoms with Gasteiger partial charge in [0.2, 0.25) is 5.82 Å². The van der Waals surface area contributed by atoms with Gasteiger partial charge in [-0.1, -0.05) is 17.3 Å². The van der Waals surface area contributed by atoms with Gasteiger partial charge < -0.3 is 15.0 Å². The Hall–Kier alpha value is -2.25. The van der Waals surface area contributed by atoms with E-state index in [-0.39, 0.29) is 0 Å². The lowest BCUT2D eigenvalue weighted by Gasteiger charge is -2.02. The third kappa shape index (κ3) is 2.79. The molecule has 0 unspecified atom stereocenters. The normalized spacial score (nSPS) is 10.8. The molecule has 2 heterocycles. The second-order valence-corrected chi connectivity index (χ2v) is 5.23. The van der Waals surface area contributed by atoms with E-state index in [1.807, 2.05) is 29.6 Å². The maximum absolute atomic E-state index is 5.52. The van der Waals surface area contributed by atoms with Crippen LogP contribution in [0.5, 0.6) is 5.75 Å². The Morgan fingerprint density at radius 2 is 2.14 bits per heavy atom. The lowest BCUT2D eigenvalue weighted by molar-refractivity contribution is 0.413. The van der Waals surface area contributed by atoms with Gasteiger partial charge in [0.15, 0.2) is 0 Å². The number of nitrogens with two attached hydrogens (primary N) is 1. The zero-order valence-corrected chi connectivity index (χ0v) is 12.3. The zero-order valence-electron chi connectivity index (χ0n) is 11.4. The van der Waals surface area contributed by atoms with Crippen molar-refractivity contribution >= 4 is 11.3 Å². The molecule has 0 aliphatic rings. The van der Waals surface area contributed by atoms with Gasteiger partial charge in [0.05, 0.1) is 17.7 Å². The topological polar surface area (TPSA) is 87.1 Å². The summed E-state index contributed by atoms with van der Waals surface area (Å²) in [5, 5.41) is 6.86. The number of ether oxygens (including phenoxy) is 1. The summed E-state index contributed by atoms with van der Waals surface area (Å²) in [5.41, 5.74) is 6.98. The summed E-state index contributed by atoms with van der Waals surface area (Å²) >= 11 is 1.54. The average molecular weight is 302 g/mol. The van der Waals surface area contributed by atoms with Gasteiger partial charge in [0.1, 0.15) is 11.4 Å². The van der Waals surface area contributed by atoms with E-state index in [1.165, 1.54) is 11.3 Å². The monoisotopic (exact) mass is 302 g/mol. The quantitative estimate of drug-likeness (QED) is 0.778. The Bertz CT molecular complexity index is 738. The number of thiazole rings is 1. The minimum Gasteiger partial charge on any atom is -0.496 e. The average Bonchev–Trinajstić information content (AvgIpc) is 3.16. The number of hydrogen-bond acceptors (Lipinski definition) is 7. The molecule has 0 saturated heterocycles. The molecule has 2 aromatic heterocycles. The molecule has 108 valence electrons. The minimum absolute atomic E-state index is 0.399. The van der Waals surface area contributed by atoms with Gasteiger partial charge in [-0.15, -0.1) is 11.3 Å². The molecular weight excluding hydrogens is 288 g/mol. The molecule has 3 rings (SSSR count). The van der Waals surface area contributed by atoms with Crippen LogP contribution in [0.1, 0.15) is 5.01 Å². The Morgan fingerprint density at radius 1 is 1.29 bits per heavy atom. The molecule has 21 heavy (non-hydrogen) atoms. The lowest BCUT2D eigenvalue weighted by atomic mass is 10.2. The van der Waals surface area contributed by atoms with E-state index in [0.717, 1.165) is 17.0 Å². The molecule has 0 radical (unpaired) electrons. The molecule has 0 spiro atoms. The maximum Gasteiger partial charge on any atom is 0.277 e. The molecule has 0 amide bonds. The Morgan fingerprint density at radius 3 is 2.95 bits per heavy atom. The molecule has 1 aromatic carbocycles. The SMILES string of the molecule is COc1ccccc1-c1noc(-c2csc(CCN)n2)n1. The summed E-state index contributed by atoms with van der Waals surface area (Å²) in [6.45, 7) is 0.573. The van der Waals surface area contributed by atoms with Crippen LogP contribution in [0.15, 0.2) is 34.2 Å². The summed E-state index contributed by atoms with van der Waals surface area (Å²) in [4.78, 5) is 8.82. The van der Waals surface area contributed by atoms with Crippen molar-refractivity contribution in [1.82, 2.24) is 15.1 Å². The second-order valence-electron chi connectivity index (χ2n) is 4.29. The number of benzene rings is 1. The standard InChI is InChI=1S/C14H14N4O2S/c1-19-11-5-3-2-4-9(11)13-17-14(20-18-13)10-8-21-12(16-10)6-7-15/h2-5,8H,6-7,15H2,1H3. The summed E-state index contributed by atoms with van der Waals surface area (Å²) in [7, 11) is 1.61. The van der Waals surface area contributed by atoms with Crippen molar-refractivity contribution in [1.29, 1.82) is 0 Å². The first-order valence-electron chi connectivity index (χ1n) is 6.43. The summed E-state index contributed by atoms with van der Waals surface area (Å²) in [5.74, 6) is 1.58. The van der Waals surface area contributed by atoms with Crippen LogP contribution in [0.25, 0.3) is 23.0 Å². The molecular formula is C14H14N4O2S. The number of hydrogen-bond donors (Lipinski definition) is 1. The van der Waals surface area contributed by atoms with Crippen LogP contribution in [0.2, 0.25) is 0 Å². The number of rotatable bonds is 5. The predicted octanol–water partition coefficient (Wildman–Crippen LogP) is 2.37. The highest BCUT2D eigenvalue weighted by atomic mass is 32.1. The number of aromatic nitrogens is 3. The van der Waals surface area contributed by atoms with E-state index >= 15 is 0 Å². The van der Waals surface area contributed by atoms with Crippen molar-refractivity contribution in [3.63, 3.8) is 0 Å². The maximum atomic E-state index is 5.52. The molecule has 7 heteroatoms. The molecule has 0 aliphatic carbocycles. The van der Waals surface area contributed by atoms with Crippen molar-refractivity contribution in [3.8, 4) is 28.7 Å². The molecule has 0 aliphatic heterocycles. The highest BCUT2D eigenvalue weighted by Gasteiger charge is 2.16. The third-order valence-corrected chi connectivity index (χ3v) is 3.81. The molecule has 2 N–H and O–H groups in total. The Labute approximate surface area is 125 Å². The van der Waals surface area contributed by atoms with E-state index in [2.05, 4.69) is 15.1 Å². The smallest absolute Gasteiger partial charge is 0.277 e. The summed E-state index contributed by atoms with van der Waals surface area (Å²) in [6, 6.07) is 7.53. The Kier molecular flexibility index (Phi) is 3.94. The number of para-hydroxylation sites is 1. The third-order valence-electron chi connectivity index (χ3n) is 2.90. The first kappa shape index (κ1) is 13.7. The summed E-state index contributed by atoms with van der Waals surface area (Å²) in [6.07, 6.45) is 0.748. The molecule has 6 nitrogen and oxygen atoms in total. The summed E-state index contributed by atoms with van der Waals surface area (Å²) < 4.78 is 10.6. The van der Waals surface area contributed by atoms with E-state index in [1.54, 1.807) is 7.11 Å². The molecule has 0 saturated carbocycles. The van der Waals surface area contributed by atoms with Gasteiger partial charge in [0, 0.05) is 11.8 Å². The first-order valence-corrected chi connectivity index (χ1v) is 7.31.